The third-order valence-electron chi connectivity index (χ3n) is 3.59. The van der Waals surface area contributed by atoms with Crippen LogP contribution < -0.4 is 5.32 Å². The van der Waals surface area contributed by atoms with Gasteiger partial charge in [-0.1, -0.05) is 18.6 Å². The molecule has 1 aromatic rings. The lowest BCUT2D eigenvalue weighted by atomic mass is 10.1. The predicted octanol–water partition coefficient (Wildman–Crippen LogP) is 2.47. The number of carbonyl (C=O) groups excluding carboxylic acids is 3. The first-order valence-corrected chi connectivity index (χ1v) is 7.45. The lowest BCUT2D eigenvalue weighted by molar-refractivity contribution is -0.138. The van der Waals surface area contributed by atoms with Gasteiger partial charge in [-0.15, -0.1) is 0 Å². The van der Waals surface area contributed by atoms with E-state index < -0.39 is 5.82 Å². The molecule has 0 radical (unpaired) electrons. The van der Waals surface area contributed by atoms with Crippen LogP contribution in [0, 0.1) is 5.82 Å². The number of rotatable bonds is 7. The molecule has 1 aromatic carbocycles. The SMILES string of the molecule is O=C(CCCCCN1C(=O)CCC1=O)Nc1ccccc1F. The van der Waals surface area contributed by atoms with Crippen LogP contribution in [-0.4, -0.2) is 29.2 Å². The number of anilines is 1. The summed E-state index contributed by atoms with van der Waals surface area (Å²) in [5.41, 5.74) is 0.181. The Labute approximate surface area is 128 Å². The van der Waals surface area contributed by atoms with Crippen LogP contribution in [0.1, 0.15) is 38.5 Å². The molecule has 1 aliphatic heterocycles. The van der Waals surface area contributed by atoms with E-state index in [1.165, 1.54) is 17.0 Å². The number of nitrogens with one attached hydrogen (secondary N) is 1. The van der Waals surface area contributed by atoms with Crippen molar-refractivity contribution in [2.45, 2.75) is 38.5 Å². The predicted molar refractivity (Wildman–Crippen MR) is 79.5 cm³/mol. The van der Waals surface area contributed by atoms with Gasteiger partial charge in [0.05, 0.1) is 5.69 Å². The van der Waals surface area contributed by atoms with Crippen molar-refractivity contribution < 1.29 is 18.8 Å². The Hall–Kier alpha value is -2.24. The largest absolute Gasteiger partial charge is 0.324 e. The topological polar surface area (TPSA) is 66.5 Å². The Morgan fingerprint density at radius 2 is 1.77 bits per heavy atom. The van der Waals surface area contributed by atoms with Crippen LogP contribution in [0.4, 0.5) is 10.1 Å². The van der Waals surface area contributed by atoms with E-state index in [1.54, 1.807) is 12.1 Å². The maximum Gasteiger partial charge on any atom is 0.229 e. The minimum Gasteiger partial charge on any atom is -0.324 e. The van der Waals surface area contributed by atoms with Crippen molar-refractivity contribution >= 4 is 23.4 Å². The van der Waals surface area contributed by atoms with Gasteiger partial charge in [-0.25, -0.2) is 4.39 Å². The summed E-state index contributed by atoms with van der Waals surface area (Å²) >= 11 is 0. The molecule has 6 heteroatoms. The molecule has 0 unspecified atom stereocenters. The highest BCUT2D eigenvalue weighted by Gasteiger charge is 2.27. The minimum atomic E-state index is -0.457. The smallest absolute Gasteiger partial charge is 0.229 e. The molecule has 2 rings (SSSR count). The first-order chi connectivity index (χ1) is 10.6. The van der Waals surface area contributed by atoms with Crippen molar-refractivity contribution in [3.63, 3.8) is 0 Å². The number of carbonyl (C=O) groups is 3. The second-order valence-electron chi connectivity index (χ2n) is 5.28. The fourth-order valence-corrected chi connectivity index (χ4v) is 2.38. The summed E-state index contributed by atoms with van der Waals surface area (Å²) in [6, 6.07) is 6.02. The average Bonchev–Trinajstić information content (AvgIpc) is 2.81. The van der Waals surface area contributed by atoms with Crippen molar-refractivity contribution in [2.75, 3.05) is 11.9 Å². The van der Waals surface area contributed by atoms with Gasteiger partial charge < -0.3 is 5.32 Å². The second kappa shape index (κ2) is 7.68. The van der Waals surface area contributed by atoms with Crippen molar-refractivity contribution in [1.82, 2.24) is 4.90 Å². The molecule has 1 N–H and O–H groups in total. The molecule has 0 aliphatic carbocycles. The molecule has 1 heterocycles. The molecule has 118 valence electrons. The third kappa shape index (κ3) is 4.38. The second-order valence-corrected chi connectivity index (χ2v) is 5.28. The Morgan fingerprint density at radius 3 is 2.45 bits per heavy atom. The fourth-order valence-electron chi connectivity index (χ4n) is 2.38. The monoisotopic (exact) mass is 306 g/mol. The number of halogens is 1. The molecule has 5 nitrogen and oxygen atoms in total. The quantitative estimate of drug-likeness (QED) is 0.621. The van der Waals surface area contributed by atoms with E-state index >= 15 is 0 Å². The molecular weight excluding hydrogens is 287 g/mol. The number of benzene rings is 1. The van der Waals surface area contributed by atoms with Gasteiger partial charge in [-0.2, -0.15) is 0 Å². The summed E-state index contributed by atoms with van der Waals surface area (Å²) in [4.78, 5) is 35.8. The zero-order valence-corrected chi connectivity index (χ0v) is 12.3. The third-order valence-corrected chi connectivity index (χ3v) is 3.59. The lowest BCUT2D eigenvalue weighted by Gasteiger charge is -2.13. The van der Waals surface area contributed by atoms with Crippen molar-refractivity contribution in [3.8, 4) is 0 Å². The van der Waals surface area contributed by atoms with Gasteiger partial charge in [0.2, 0.25) is 17.7 Å². The van der Waals surface area contributed by atoms with E-state index in [0.29, 0.717) is 32.2 Å². The highest BCUT2D eigenvalue weighted by atomic mass is 19.1. The summed E-state index contributed by atoms with van der Waals surface area (Å²) in [5, 5.41) is 2.52. The van der Waals surface area contributed by atoms with Gasteiger partial charge in [0.15, 0.2) is 0 Å². The molecule has 0 aromatic heterocycles. The van der Waals surface area contributed by atoms with E-state index in [0.717, 1.165) is 6.42 Å². The Kier molecular flexibility index (Phi) is 5.63. The molecule has 22 heavy (non-hydrogen) atoms. The van der Waals surface area contributed by atoms with Crippen LogP contribution >= 0.6 is 0 Å². The number of para-hydroxylation sites is 1. The molecule has 0 atom stereocenters. The number of amides is 3. The molecule has 1 fully saturated rings. The Morgan fingerprint density at radius 1 is 1.09 bits per heavy atom. The maximum atomic E-state index is 13.4. The Balaban J connectivity index is 1.62. The minimum absolute atomic E-state index is 0.109. The molecular formula is C16H19FN2O3. The van der Waals surface area contributed by atoms with E-state index in [-0.39, 0.29) is 29.8 Å². The van der Waals surface area contributed by atoms with Crippen LogP contribution in [-0.2, 0) is 14.4 Å². The molecule has 0 bridgehead atoms. The van der Waals surface area contributed by atoms with E-state index in [4.69, 9.17) is 0 Å². The highest BCUT2D eigenvalue weighted by molar-refractivity contribution is 6.01. The number of hydrogen-bond donors (Lipinski definition) is 1. The van der Waals surface area contributed by atoms with Gasteiger partial charge in [-0.3, -0.25) is 19.3 Å². The summed E-state index contributed by atoms with van der Waals surface area (Å²) in [6.45, 7) is 0.423. The van der Waals surface area contributed by atoms with Crippen LogP contribution in [0.3, 0.4) is 0 Å². The van der Waals surface area contributed by atoms with E-state index in [9.17, 15) is 18.8 Å². The van der Waals surface area contributed by atoms with Gasteiger partial charge >= 0.3 is 0 Å². The molecule has 0 spiro atoms. The fraction of sp³-hybridized carbons (Fsp3) is 0.438. The van der Waals surface area contributed by atoms with Crippen molar-refractivity contribution in [2.24, 2.45) is 0 Å². The van der Waals surface area contributed by atoms with Crippen LogP contribution in [0.25, 0.3) is 0 Å². The normalized spacial score (nSPS) is 14.5. The van der Waals surface area contributed by atoms with Crippen LogP contribution in [0.5, 0.6) is 0 Å². The standard InChI is InChI=1S/C16H19FN2O3/c17-12-6-3-4-7-13(12)18-14(20)8-2-1-5-11-19-15(21)9-10-16(19)22/h3-4,6-7H,1-2,5,8-11H2,(H,18,20). The molecule has 1 aliphatic rings. The summed E-state index contributed by atoms with van der Waals surface area (Å²) in [5.74, 6) is -0.912. The maximum absolute atomic E-state index is 13.4. The molecule has 1 saturated heterocycles. The van der Waals surface area contributed by atoms with Crippen molar-refractivity contribution in [3.05, 3.63) is 30.1 Å². The number of imide groups is 1. The van der Waals surface area contributed by atoms with Crippen LogP contribution in [0.15, 0.2) is 24.3 Å². The van der Waals surface area contributed by atoms with Crippen molar-refractivity contribution in [1.29, 1.82) is 0 Å². The number of unbranched alkanes of at least 4 members (excludes halogenated alkanes) is 2. The zero-order chi connectivity index (χ0) is 15.9. The first kappa shape index (κ1) is 16.1. The van der Waals surface area contributed by atoms with Crippen LogP contribution in [0.2, 0.25) is 0 Å². The zero-order valence-electron chi connectivity index (χ0n) is 12.3. The van der Waals surface area contributed by atoms with Gasteiger partial charge in [0.1, 0.15) is 5.82 Å². The number of hydrogen-bond acceptors (Lipinski definition) is 3. The molecule has 0 saturated carbocycles. The van der Waals surface area contributed by atoms with E-state index in [1.807, 2.05) is 0 Å². The van der Waals surface area contributed by atoms with Gasteiger partial charge in [-0.05, 0) is 25.0 Å². The van der Waals surface area contributed by atoms with Gasteiger partial charge in [0, 0.05) is 25.8 Å². The lowest BCUT2D eigenvalue weighted by Crippen LogP contribution is -2.29. The summed E-state index contributed by atoms with van der Waals surface area (Å²) in [7, 11) is 0. The first-order valence-electron chi connectivity index (χ1n) is 7.45. The highest BCUT2D eigenvalue weighted by Crippen LogP contribution is 2.15. The van der Waals surface area contributed by atoms with E-state index in [2.05, 4.69) is 5.32 Å². The number of likely N-dealkylation sites (tertiary alicyclic amines) is 1. The molecule has 3 amide bonds. The summed E-state index contributed by atoms with van der Waals surface area (Å²) < 4.78 is 13.4. The Bertz CT molecular complexity index is 558. The average molecular weight is 306 g/mol. The summed E-state index contributed by atoms with van der Waals surface area (Å²) in [6.07, 6.45) is 2.96. The van der Waals surface area contributed by atoms with Gasteiger partial charge in [0.25, 0.3) is 0 Å². The number of nitrogens with zero attached hydrogens (tertiary/aromatic N) is 1.